The molecular formula is C24H36N2O2. The second kappa shape index (κ2) is 12.7. The summed E-state index contributed by atoms with van der Waals surface area (Å²) in [6.07, 6.45) is 0.961. The number of hydrogen-bond donors (Lipinski definition) is 2. The molecule has 0 unspecified atom stereocenters. The lowest BCUT2D eigenvalue weighted by atomic mass is 9.98. The Hall–Kier alpha value is -2.62. The Morgan fingerprint density at radius 3 is 1.75 bits per heavy atom. The summed E-state index contributed by atoms with van der Waals surface area (Å²) in [5, 5.41) is 5.59. The first-order chi connectivity index (χ1) is 13.0. The molecule has 0 aromatic heterocycles. The Labute approximate surface area is 170 Å². The van der Waals surface area contributed by atoms with Crippen molar-refractivity contribution in [2.45, 2.75) is 61.9 Å². The van der Waals surface area contributed by atoms with Gasteiger partial charge in [-0.2, -0.15) is 0 Å². The summed E-state index contributed by atoms with van der Waals surface area (Å²) >= 11 is 0. The van der Waals surface area contributed by atoms with E-state index in [1.54, 1.807) is 0 Å². The van der Waals surface area contributed by atoms with Crippen molar-refractivity contribution in [3.63, 3.8) is 0 Å². The lowest BCUT2D eigenvalue weighted by molar-refractivity contribution is 0.0943. The Balaban J connectivity index is 0.000000431. The molecule has 2 aliphatic heterocycles. The summed E-state index contributed by atoms with van der Waals surface area (Å²) in [7, 11) is 0. The largest absolute Gasteiger partial charge is 0.352 e. The summed E-state index contributed by atoms with van der Waals surface area (Å²) in [6, 6.07) is 11.9. The zero-order valence-corrected chi connectivity index (χ0v) is 17.4. The van der Waals surface area contributed by atoms with Gasteiger partial charge in [0.05, 0.1) is 0 Å². The Morgan fingerprint density at radius 2 is 1.18 bits per heavy atom. The molecule has 0 aliphatic carbocycles. The van der Waals surface area contributed by atoms with Gasteiger partial charge in [0.1, 0.15) is 0 Å². The van der Waals surface area contributed by atoms with Crippen molar-refractivity contribution in [1.29, 1.82) is 0 Å². The highest BCUT2D eigenvalue weighted by Crippen LogP contribution is 2.16. The molecule has 0 fully saturated rings. The van der Waals surface area contributed by atoms with Gasteiger partial charge in [0.2, 0.25) is 0 Å². The van der Waals surface area contributed by atoms with E-state index in [0.717, 1.165) is 29.7 Å². The van der Waals surface area contributed by atoms with E-state index in [2.05, 4.69) is 16.7 Å². The van der Waals surface area contributed by atoms with E-state index in [1.165, 1.54) is 16.7 Å². The van der Waals surface area contributed by atoms with Crippen LogP contribution < -0.4 is 10.6 Å². The lowest BCUT2D eigenvalue weighted by Gasteiger charge is -2.16. The second-order valence-corrected chi connectivity index (χ2v) is 6.01. The van der Waals surface area contributed by atoms with Crippen molar-refractivity contribution >= 4 is 11.8 Å². The fraction of sp³-hybridized carbons (Fsp3) is 0.417. The minimum atomic E-state index is 0. The zero-order valence-electron chi connectivity index (χ0n) is 17.4. The molecule has 28 heavy (non-hydrogen) atoms. The fourth-order valence-corrected chi connectivity index (χ4v) is 2.92. The van der Waals surface area contributed by atoms with Crippen molar-refractivity contribution in [2.24, 2.45) is 0 Å². The predicted molar refractivity (Wildman–Crippen MR) is 119 cm³/mol. The van der Waals surface area contributed by atoms with Crippen LogP contribution in [-0.4, -0.2) is 18.4 Å². The highest BCUT2D eigenvalue weighted by Gasteiger charge is 2.17. The molecule has 0 radical (unpaired) electrons. The third kappa shape index (κ3) is 6.52. The number of nitrogens with one attached hydrogen (secondary N) is 2. The van der Waals surface area contributed by atoms with Gasteiger partial charge >= 0.3 is 0 Å². The van der Waals surface area contributed by atoms with Crippen molar-refractivity contribution in [3.05, 3.63) is 69.8 Å². The van der Waals surface area contributed by atoms with Crippen LogP contribution in [-0.2, 0) is 13.0 Å². The Kier molecular flexibility index (Phi) is 11.5. The number of amides is 2. The predicted octanol–water partition coefficient (Wildman–Crippen LogP) is 5.21. The van der Waals surface area contributed by atoms with Crippen LogP contribution in [0.4, 0.5) is 0 Å². The molecule has 4 nitrogen and oxygen atoms in total. The van der Waals surface area contributed by atoms with Crippen LogP contribution in [0.3, 0.4) is 0 Å². The second-order valence-electron chi connectivity index (χ2n) is 6.01. The van der Waals surface area contributed by atoms with Crippen LogP contribution in [0.2, 0.25) is 0 Å². The highest BCUT2D eigenvalue weighted by molar-refractivity contribution is 5.98. The molecule has 0 bridgehead atoms. The van der Waals surface area contributed by atoms with Crippen molar-refractivity contribution in [2.75, 3.05) is 6.54 Å². The first-order valence-corrected chi connectivity index (χ1v) is 9.80. The number of rotatable bonds is 0. The number of hydrogen-bond acceptors (Lipinski definition) is 2. The molecule has 0 saturated carbocycles. The van der Waals surface area contributed by atoms with E-state index in [-0.39, 0.29) is 19.2 Å². The average Bonchev–Trinajstić information content (AvgIpc) is 3.05. The zero-order chi connectivity index (χ0) is 20.4. The van der Waals surface area contributed by atoms with Gasteiger partial charge in [0.25, 0.3) is 11.8 Å². The Bertz CT molecular complexity index is 782. The standard InChI is InChI=1S/C10H11NO.C9H9NO.2C2H6.CH4/c1-7-2-3-9-8(6-7)4-5-11-10(9)12;1-6-2-3-8-7(4-6)5-10-9(8)11;2*1-2;/h2-3,6H,4-5H2,1H3,(H,11,12);2-4H,5H2,1H3,(H,10,11);2*1-2H3;1H4. The van der Waals surface area contributed by atoms with E-state index in [1.807, 2.05) is 71.9 Å². The van der Waals surface area contributed by atoms with Gasteiger partial charge in [-0.1, -0.05) is 70.5 Å². The van der Waals surface area contributed by atoms with E-state index in [9.17, 15) is 9.59 Å². The Morgan fingerprint density at radius 1 is 0.714 bits per heavy atom. The molecule has 154 valence electrons. The van der Waals surface area contributed by atoms with Gasteiger partial charge in [-0.15, -0.1) is 0 Å². The van der Waals surface area contributed by atoms with Crippen LogP contribution >= 0.6 is 0 Å². The molecule has 0 atom stereocenters. The van der Waals surface area contributed by atoms with Crippen LogP contribution in [0.25, 0.3) is 0 Å². The molecule has 4 heteroatoms. The summed E-state index contributed by atoms with van der Waals surface area (Å²) in [5.41, 5.74) is 6.40. The quantitative estimate of drug-likeness (QED) is 0.655. The van der Waals surface area contributed by atoms with E-state index in [4.69, 9.17) is 0 Å². The minimum Gasteiger partial charge on any atom is -0.352 e. The number of carbonyl (C=O) groups excluding carboxylic acids is 2. The monoisotopic (exact) mass is 384 g/mol. The van der Waals surface area contributed by atoms with Crippen LogP contribution in [0.1, 0.15) is 78.1 Å². The van der Waals surface area contributed by atoms with Crippen molar-refractivity contribution in [1.82, 2.24) is 10.6 Å². The van der Waals surface area contributed by atoms with Crippen LogP contribution in [0, 0.1) is 13.8 Å². The average molecular weight is 385 g/mol. The van der Waals surface area contributed by atoms with E-state index < -0.39 is 0 Å². The molecule has 2 aromatic rings. The third-order valence-electron chi connectivity index (χ3n) is 4.13. The highest BCUT2D eigenvalue weighted by atomic mass is 16.2. The number of carbonyl (C=O) groups is 2. The normalized spacial score (nSPS) is 12.6. The molecule has 4 rings (SSSR count). The minimum absolute atomic E-state index is 0. The van der Waals surface area contributed by atoms with Gasteiger partial charge in [0.15, 0.2) is 0 Å². The summed E-state index contributed by atoms with van der Waals surface area (Å²) in [6.45, 7) is 13.5. The van der Waals surface area contributed by atoms with Crippen LogP contribution in [0.15, 0.2) is 36.4 Å². The van der Waals surface area contributed by atoms with Gasteiger partial charge in [-0.05, 0) is 43.5 Å². The molecular weight excluding hydrogens is 348 g/mol. The lowest BCUT2D eigenvalue weighted by Crippen LogP contribution is -2.31. The first-order valence-electron chi connectivity index (χ1n) is 9.80. The smallest absolute Gasteiger partial charge is 0.251 e. The fourth-order valence-electron chi connectivity index (χ4n) is 2.92. The van der Waals surface area contributed by atoms with Crippen molar-refractivity contribution in [3.8, 4) is 0 Å². The summed E-state index contributed by atoms with van der Waals surface area (Å²) in [4.78, 5) is 22.4. The topological polar surface area (TPSA) is 58.2 Å². The maximum atomic E-state index is 11.3. The van der Waals surface area contributed by atoms with Crippen LogP contribution in [0.5, 0.6) is 0 Å². The molecule has 2 aliphatic rings. The van der Waals surface area contributed by atoms with Gasteiger partial charge in [0, 0.05) is 24.2 Å². The molecule has 2 aromatic carbocycles. The maximum absolute atomic E-state index is 11.3. The number of fused-ring (bicyclic) bond motifs is 2. The number of aryl methyl sites for hydroxylation is 2. The SMILES string of the molecule is C.CC.CC.Cc1ccc2c(c1)CCNC2=O.Cc1ccc2c(c1)CNC2=O. The maximum Gasteiger partial charge on any atom is 0.251 e. The molecule has 2 heterocycles. The summed E-state index contributed by atoms with van der Waals surface area (Å²) < 4.78 is 0. The van der Waals surface area contributed by atoms with Gasteiger partial charge in [-0.25, -0.2) is 0 Å². The third-order valence-corrected chi connectivity index (χ3v) is 4.13. The number of benzene rings is 2. The van der Waals surface area contributed by atoms with Gasteiger partial charge < -0.3 is 10.6 Å². The van der Waals surface area contributed by atoms with E-state index >= 15 is 0 Å². The molecule has 2 N–H and O–H groups in total. The molecule has 0 saturated heterocycles. The molecule has 0 spiro atoms. The summed E-state index contributed by atoms with van der Waals surface area (Å²) in [5.74, 6) is 0.122. The molecule has 2 amide bonds. The van der Waals surface area contributed by atoms with E-state index in [0.29, 0.717) is 6.54 Å². The first kappa shape index (κ1) is 25.4. The van der Waals surface area contributed by atoms with Gasteiger partial charge in [-0.3, -0.25) is 9.59 Å². The van der Waals surface area contributed by atoms with Crippen molar-refractivity contribution < 1.29 is 9.59 Å².